The van der Waals surface area contributed by atoms with Crippen molar-refractivity contribution in [3.05, 3.63) is 33.8 Å². The highest BCUT2D eigenvalue weighted by atomic mass is 35.5. The van der Waals surface area contributed by atoms with Crippen molar-refractivity contribution in [1.82, 2.24) is 0 Å². The fourth-order valence-electron chi connectivity index (χ4n) is 0.943. The Kier molecular flexibility index (Phi) is 4.20. The van der Waals surface area contributed by atoms with Crippen molar-refractivity contribution in [2.75, 3.05) is 5.88 Å². The van der Waals surface area contributed by atoms with Gasteiger partial charge in [0.1, 0.15) is 0 Å². The van der Waals surface area contributed by atoms with Crippen molar-refractivity contribution in [2.45, 2.75) is 12.8 Å². The van der Waals surface area contributed by atoms with Crippen molar-refractivity contribution in [2.24, 2.45) is 0 Å². The smallest absolute Gasteiger partial charge is 0.0674 e. The first kappa shape index (κ1) is 10.2. The SMILES string of the molecule is ClCCCc1cc[c]c(Cl)c1Cl. The van der Waals surface area contributed by atoms with Crippen LogP contribution in [0.3, 0.4) is 0 Å². The summed E-state index contributed by atoms with van der Waals surface area (Å²) in [6, 6.07) is 6.51. The van der Waals surface area contributed by atoms with Gasteiger partial charge in [-0.2, -0.15) is 0 Å². The molecule has 65 valence electrons. The van der Waals surface area contributed by atoms with E-state index in [0.29, 0.717) is 15.9 Å². The first-order valence-electron chi connectivity index (χ1n) is 3.66. The molecule has 0 amide bonds. The van der Waals surface area contributed by atoms with E-state index in [1.807, 2.05) is 6.07 Å². The number of aryl methyl sites for hydroxylation is 1. The van der Waals surface area contributed by atoms with Gasteiger partial charge >= 0.3 is 0 Å². The second-order valence-electron chi connectivity index (χ2n) is 2.42. The van der Waals surface area contributed by atoms with Crippen LogP contribution in [0.25, 0.3) is 0 Å². The Morgan fingerprint density at radius 1 is 1.33 bits per heavy atom. The van der Waals surface area contributed by atoms with Gasteiger partial charge in [0.15, 0.2) is 0 Å². The second-order valence-corrected chi connectivity index (χ2v) is 3.56. The summed E-state index contributed by atoms with van der Waals surface area (Å²) >= 11 is 17.3. The van der Waals surface area contributed by atoms with Crippen LogP contribution in [0.15, 0.2) is 12.1 Å². The Bertz CT molecular complexity index is 258. The van der Waals surface area contributed by atoms with Gasteiger partial charge in [-0.15, -0.1) is 11.6 Å². The lowest BCUT2D eigenvalue weighted by molar-refractivity contribution is 0.929. The van der Waals surface area contributed by atoms with Crippen LogP contribution in [0.2, 0.25) is 10.0 Å². The highest BCUT2D eigenvalue weighted by Gasteiger charge is 2.03. The molecular formula is C9H8Cl3. The van der Waals surface area contributed by atoms with E-state index >= 15 is 0 Å². The van der Waals surface area contributed by atoms with E-state index in [9.17, 15) is 0 Å². The van der Waals surface area contributed by atoms with E-state index in [2.05, 4.69) is 6.07 Å². The minimum atomic E-state index is 0.490. The Morgan fingerprint density at radius 2 is 2.08 bits per heavy atom. The Balaban J connectivity index is 2.78. The molecule has 0 fully saturated rings. The van der Waals surface area contributed by atoms with Crippen LogP contribution in [-0.2, 0) is 6.42 Å². The normalized spacial score (nSPS) is 10.2. The molecule has 0 saturated carbocycles. The standard InChI is InChI=1S/C9H8Cl3/c10-6-2-4-7-3-1-5-8(11)9(7)12/h1,3H,2,4,6H2. The van der Waals surface area contributed by atoms with Crippen molar-refractivity contribution in [3.8, 4) is 0 Å². The van der Waals surface area contributed by atoms with Crippen LogP contribution in [0.4, 0.5) is 0 Å². The van der Waals surface area contributed by atoms with E-state index in [-0.39, 0.29) is 0 Å². The molecule has 0 aliphatic carbocycles. The molecule has 0 spiro atoms. The summed E-state index contributed by atoms with van der Waals surface area (Å²) < 4.78 is 0. The topological polar surface area (TPSA) is 0 Å². The number of alkyl halides is 1. The monoisotopic (exact) mass is 221 g/mol. The van der Waals surface area contributed by atoms with Gasteiger partial charge in [-0.25, -0.2) is 0 Å². The Labute approximate surface area is 87.4 Å². The van der Waals surface area contributed by atoms with Gasteiger partial charge in [-0.3, -0.25) is 0 Å². The molecule has 0 aliphatic rings. The van der Waals surface area contributed by atoms with Crippen molar-refractivity contribution >= 4 is 34.8 Å². The molecule has 0 bridgehead atoms. The number of hydrogen-bond donors (Lipinski definition) is 0. The lowest BCUT2D eigenvalue weighted by Gasteiger charge is -2.02. The summed E-state index contributed by atoms with van der Waals surface area (Å²) in [6.45, 7) is 0. The van der Waals surface area contributed by atoms with Crippen molar-refractivity contribution in [3.63, 3.8) is 0 Å². The molecule has 3 heteroatoms. The van der Waals surface area contributed by atoms with Gasteiger partial charge in [-0.05, 0) is 18.4 Å². The Morgan fingerprint density at radius 3 is 2.75 bits per heavy atom. The zero-order chi connectivity index (χ0) is 8.97. The third-order valence-corrected chi connectivity index (χ3v) is 2.64. The largest absolute Gasteiger partial charge is 0.127 e. The van der Waals surface area contributed by atoms with Crippen molar-refractivity contribution < 1.29 is 0 Å². The highest BCUT2D eigenvalue weighted by Crippen LogP contribution is 2.25. The minimum Gasteiger partial charge on any atom is -0.127 e. The summed E-state index contributed by atoms with van der Waals surface area (Å²) in [7, 11) is 0. The maximum Gasteiger partial charge on any atom is 0.0674 e. The third kappa shape index (κ3) is 2.55. The fourth-order valence-corrected chi connectivity index (χ4v) is 1.47. The number of halogens is 3. The van der Waals surface area contributed by atoms with E-state index in [4.69, 9.17) is 34.8 Å². The van der Waals surface area contributed by atoms with Crippen molar-refractivity contribution in [1.29, 1.82) is 0 Å². The van der Waals surface area contributed by atoms with Gasteiger partial charge in [0, 0.05) is 11.9 Å². The summed E-state index contributed by atoms with van der Waals surface area (Å²) in [4.78, 5) is 0. The van der Waals surface area contributed by atoms with Crippen LogP contribution < -0.4 is 0 Å². The molecule has 0 aromatic heterocycles. The molecule has 1 rings (SSSR count). The third-order valence-electron chi connectivity index (χ3n) is 1.55. The predicted octanol–water partition coefficient (Wildman–Crippen LogP) is 3.96. The van der Waals surface area contributed by atoms with E-state index in [0.717, 1.165) is 18.4 Å². The van der Waals surface area contributed by atoms with Crippen LogP contribution in [0.5, 0.6) is 0 Å². The summed E-state index contributed by atoms with van der Waals surface area (Å²) in [6.07, 6.45) is 1.79. The van der Waals surface area contributed by atoms with Crippen LogP contribution in [0.1, 0.15) is 12.0 Å². The summed E-state index contributed by atoms with van der Waals surface area (Å²) in [5.74, 6) is 0.645. The maximum atomic E-state index is 5.92. The second kappa shape index (κ2) is 4.96. The molecule has 0 N–H and O–H groups in total. The molecule has 1 aromatic carbocycles. The van der Waals surface area contributed by atoms with Gasteiger partial charge in [0.05, 0.1) is 10.0 Å². The fraction of sp³-hybridized carbons (Fsp3) is 0.333. The van der Waals surface area contributed by atoms with Crippen LogP contribution >= 0.6 is 34.8 Å². The summed E-state index contributed by atoms with van der Waals surface area (Å²) in [5.41, 5.74) is 1.04. The zero-order valence-corrected chi connectivity index (χ0v) is 8.68. The maximum absolute atomic E-state index is 5.92. The highest BCUT2D eigenvalue weighted by molar-refractivity contribution is 6.42. The van der Waals surface area contributed by atoms with Crippen LogP contribution in [0, 0.1) is 6.07 Å². The molecular weight excluding hydrogens is 214 g/mol. The molecule has 1 radical (unpaired) electrons. The lowest BCUT2D eigenvalue weighted by Crippen LogP contribution is -1.87. The van der Waals surface area contributed by atoms with Gasteiger partial charge in [0.25, 0.3) is 0 Å². The lowest BCUT2D eigenvalue weighted by atomic mass is 10.1. The Hall–Kier alpha value is 0.0900. The van der Waals surface area contributed by atoms with Gasteiger partial charge < -0.3 is 0 Å². The zero-order valence-electron chi connectivity index (χ0n) is 6.41. The molecule has 1 aromatic rings. The summed E-state index contributed by atoms with van der Waals surface area (Å²) in [5, 5.41) is 1.09. The number of benzene rings is 1. The van der Waals surface area contributed by atoms with E-state index < -0.39 is 0 Å². The first-order valence-corrected chi connectivity index (χ1v) is 4.95. The number of rotatable bonds is 3. The quantitative estimate of drug-likeness (QED) is 0.679. The molecule has 0 heterocycles. The van der Waals surface area contributed by atoms with E-state index in [1.165, 1.54) is 0 Å². The molecule has 0 saturated heterocycles. The molecule has 0 unspecified atom stereocenters. The first-order chi connectivity index (χ1) is 5.75. The van der Waals surface area contributed by atoms with E-state index in [1.54, 1.807) is 6.07 Å². The minimum absolute atomic E-state index is 0.490. The van der Waals surface area contributed by atoms with Gasteiger partial charge in [-0.1, -0.05) is 35.3 Å². The van der Waals surface area contributed by atoms with Gasteiger partial charge in [0.2, 0.25) is 0 Å². The average Bonchev–Trinajstić information content (AvgIpc) is 2.08. The average molecular weight is 223 g/mol. The molecule has 0 nitrogen and oxygen atoms in total. The number of hydrogen-bond acceptors (Lipinski definition) is 0. The molecule has 0 aliphatic heterocycles. The molecule has 12 heavy (non-hydrogen) atoms. The predicted molar refractivity (Wildman–Crippen MR) is 54.3 cm³/mol. The van der Waals surface area contributed by atoms with Crippen LogP contribution in [-0.4, -0.2) is 5.88 Å². The molecule has 0 atom stereocenters.